The molecule has 31 heavy (non-hydrogen) atoms. The first-order chi connectivity index (χ1) is 14.8. The zero-order chi connectivity index (χ0) is 22.2. The average Bonchev–Trinajstić information content (AvgIpc) is 3.17. The summed E-state index contributed by atoms with van der Waals surface area (Å²) in [7, 11) is -1.98. The monoisotopic (exact) mass is 442 g/mol. The summed E-state index contributed by atoms with van der Waals surface area (Å²) < 4.78 is 38.2. The quantitative estimate of drug-likeness (QED) is 0.607. The van der Waals surface area contributed by atoms with Crippen LogP contribution in [0.5, 0.6) is 5.75 Å². The molecule has 1 aromatic heterocycles. The number of carbonyl (C=O) groups is 1. The highest BCUT2D eigenvalue weighted by Crippen LogP contribution is 2.26. The smallest absolute Gasteiger partial charge is 0.243 e. The number of aryl methyl sites for hydroxylation is 2. The Labute approximate surface area is 182 Å². The van der Waals surface area contributed by atoms with E-state index in [0.717, 1.165) is 22.1 Å². The summed E-state index contributed by atoms with van der Waals surface area (Å²) in [6, 6.07) is 10.7. The summed E-state index contributed by atoms with van der Waals surface area (Å²) in [5.74, 6) is 0.655. The molecule has 0 bridgehead atoms. The molecule has 0 saturated carbocycles. The third kappa shape index (κ3) is 4.18. The second kappa shape index (κ2) is 8.36. The summed E-state index contributed by atoms with van der Waals surface area (Å²) in [6.07, 6.45) is 1.81. The van der Waals surface area contributed by atoms with E-state index >= 15 is 0 Å². The summed E-state index contributed by atoms with van der Waals surface area (Å²) in [5.41, 5.74) is 3.48. The molecule has 1 saturated heterocycles. The van der Waals surface area contributed by atoms with Crippen molar-refractivity contribution < 1.29 is 22.4 Å². The van der Waals surface area contributed by atoms with Crippen LogP contribution < -0.4 is 4.74 Å². The number of piperazine rings is 1. The zero-order valence-electron chi connectivity index (χ0n) is 17.9. The van der Waals surface area contributed by atoms with Gasteiger partial charge in [0.1, 0.15) is 11.3 Å². The van der Waals surface area contributed by atoms with Gasteiger partial charge in [-0.1, -0.05) is 6.07 Å². The van der Waals surface area contributed by atoms with E-state index in [2.05, 4.69) is 0 Å². The minimum atomic E-state index is -3.57. The van der Waals surface area contributed by atoms with Crippen LogP contribution in [-0.4, -0.2) is 56.8 Å². The van der Waals surface area contributed by atoms with E-state index in [1.807, 2.05) is 32.0 Å². The van der Waals surface area contributed by atoms with Crippen molar-refractivity contribution in [1.82, 2.24) is 9.21 Å². The van der Waals surface area contributed by atoms with E-state index in [1.165, 1.54) is 4.31 Å². The molecule has 2 heterocycles. The number of hydrogen-bond acceptors (Lipinski definition) is 5. The van der Waals surface area contributed by atoms with Crippen LogP contribution in [0.4, 0.5) is 0 Å². The van der Waals surface area contributed by atoms with Gasteiger partial charge in [0.15, 0.2) is 0 Å². The van der Waals surface area contributed by atoms with Gasteiger partial charge in [0.2, 0.25) is 15.9 Å². The van der Waals surface area contributed by atoms with Crippen LogP contribution in [-0.2, 0) is 21.2 Å². The Morgan fingerprint density at radius 3 is 2.45 bits per heavy atom. The molecule has 1 aliphatic rings. The fourth-order valence-electron chi connectivity index (χ4n) is 3.80. The maximum absolute atomic E-state index is 13.0. The van der Waals surface area contributed by atoms with Crippen molar-refractivity contribution in [2.24, 2.45) is 0 Å². The number of rotatable bonds is 5. The van der Waals surface area contributed by atoms with E-state index in [4.69, 9.17) is 9.15 Å². The van der Waals surface area contributed by atoms with Gasteiger partial charge in [-0.2, -0.15) is 4.31 Å². The number of carbonyl (C=O) groups excluding carboxylic acids is 1. The van der Waals surface area contributed by atoms with Crippen LogP contribution in [0.1, 0.15) is 16.7 Å². The number of ether oxygens (including phenoxy) is 1. The van der Waals surface area contributed by atoms with Crippen molar-refractivity contribution >= 4 is 26.9 Å². The van der Waals surface area contributed by atoms with Gasteiger partial charge in [0.25, 0.3) is 0 Å². The highest BCUT2D eigenvalue weighted by Gasteiger charge is 2.30. The first-order valence-electron chi connectivity index (χ1n) is 10.2. The van der Waals surface area contributed by atoms with Crippen molar-refractivity contribution in [3.63, 3.8) is 0 Å². The molecule has 0 N–H and O–H groups in total. The van der Waals surface area contributed by atoms with Crippen molar-refractivity contribution in [3.05, 3.63) is 59.4 Å². The molecule has 1 amide bonds. The molecule has 0 aliphatic carbocycles. The largest absolute Gasteiger partial charge is 0.497 e. The van der Waals surface area contributed by atoms with Gasteiger partial charge >= 0.3 is 0 Å². The van der Waals surface area contributed by atoms with Gasteiger partial charge in [-0.05, 0) is 49.2 Å². The average molecular weight is 443 g/mol. The van der Waals surface area contributed by atoms with E-state index in [0.29, 0.717) is 29.3 Å². The Bertz CT molecular complexity index is 1220. The van der Waals surface area contributed by atoms with E-state index in [1.54, 1.807) is 36.5 Å². The first kappa shape index (κ1) is 21.4. The lowest BCUT2D eigenvalue weighted by Crippen LogP contribution is -2.50. The van der Waals surface area contributed by atoms with Crippen LogP contribution in [0.2, 0.25) is 0 Å². The van der Waals surface area contributed by atoms with Crippen LogP contribution in [0, 0.1) is 13.8 Å². The number of nitrogens with zero attached hydrogens (tertiary/aromatic N) is 2. The zero-order valence-corrected chi connectivity index (χ0v) is 18.7. The van der Waals surface area contributed by atoms with Crippen molar-refractivity contribution in [2.75, 3.05) is 33.3 Å². The fourth-order valence-corrected chi connectivity index (χ4v) is 5.31. The van der Waals surface area contributed by atoms with E-state index < -0.39 is 10.0 Å². The summed E-state index contributed by atoms with van der Waals surface area (Å²) in [5, 5.41) is 0.880. The van der Waals surface area contributed by atoms with Crippen molar-refractivity contribution in [1.29, 1.82) is 0 Å². The molecule has 4 rings (SSSR count). The molecule has 0 unspecified atom stereocenters. The van der Waals surface area contributed by atoms with E-state index in [-0.39, 0.29) is 25.4 Å². The third-order valence-corrected chi connectivity index (χ3v) is 7.81. The molecule has 2 aromatic carbocycles. The molecule has 1 fully saturated rings. The molecule has 164 valence electrons. The van der Waals surface area contributed by atoms with Crippen LogP contribution in [0.3, 0.4) is 0 Å². The number of methoxy groups -OCH3 is 1. The minimum absolute atomic E-state index is 0.0400. The Balaban J connectivity index is 1.41. The number of furan rings is 1. The SMILES string of the molecule is COc1ccc2c(CC(=O)N3CCN(S(=O)(=O)c4ccc(C)c(C)c4)CC3)coc2c1. The standard InChI is InChI=1S/C23H26N2O5S/c1-16-4-6-20(12-17(16)2)31(27,28)25-10-8-24(9-11-25)23(26)13-18-15-30-22-14-19(29-3)5-7-21(18)22/h4-7,12,14-15H,8-11,13H2,1-3H3. The first-order valence-corrected chi connectivity index (χ1v) is 11.6. The maximum Gasteiger partial charge on any atom is 0.243 e. The maximum atomic E-state index is 13.0. The molecule has 8 heteroatoms. The molecule has 7 nitrogen and oxygen atoms in total. The van der Waals surface area contributed by atoms with Crippen molar-refractivity contribution in [2.45, 2.75) is 25.2 Å². The highest BCUT2D eigenvalue weighted by atomic mass is 32.2. The van der Waals surface area contributed by atoms with Crippen molar-refractivity contribution in [3.8, 4) is 5.75 Å². The number of sulfonamides is 1. The molecular weight excluding hydrogens is 416 g/mol. The lowest BCUT2D eigenvalue weighted by atomic mass is 10.1. The predicted octanol–water partition coefficient (Wildman–Crippen LogP) is 3.13. The minimum Gasteiger partial charge on any atom is -0.497 e. The Morgan fingerprint density at radius 1 is 1.03 bits per heavy atom. The molecular formula is C23H26N2O5S. The van der Waals surface area contributed by atoms with Gasteiger partial charge in [0.05, 0.1) is 24.7 Å². The van der Waals surface area contributed by atoms with Gasteiger partial charge in [-0.25, -0.2) is 8.42 Å². The third-order valence-electron chi connectivity index (χ3n) is 5.91. The number of amides is 1. The fraction of sp³-hybridized carbons (Fsp3) is 0.348. The Kier molecular flexibility index (Phi) is 5.77. The Morgan fingerprint density at radius 2 is 1.77 bits per heavy atom. The highest BCUT2D eigenvalue weighted by molar-refractivity contribution is 7.89. The van der Waals surface area contributed by atoms with Gasteiger partial charge < -0.3 is 14.1 Å². The lowest BCUT2D eigenvalue weighted by molar-refractivity contribution is -0.131. The Hall–Kier alpha value is -2.84. The number of fused-ring (bicyclic) bond motifs is 1. The van der Waals surface area contributed by atoms with Crippen LogP contribution in [0.25, 0.3) is 11.0 Å². The molecule has 0 radical (unpaired) electrons. The molecule has 0 atom stereocenters. The van der Waals surface area contributed by atoms with Gasteiger partial charge in [-0.15, -0.1) is 0 Å². The normalized spacial score (nSPS) is 15.4. The van der Waals surface area contributed by atoms with Gasteiger partial charge in [-0.3, -0.25) is 4.79 Å². The molecule has 1 aliphatic heterocycles. The second-order valence-corrected chi connectivity index (χ2v) is 9.77. The lowest BCUT2D eigenvalue weighted by Gasteiger charge is -2.34. The van der Waals surface area contributed by atoms with E-state index in [9.17, 15) is 13.2 Å². The number of benzene rings is 2. The van der Waals surface area contributed by atoms with Crippen LogP contribution in [0.15, 0.2) is 52.0 Å². The van der Waals surface area contributed by atoms with Crippen LogP contribution >= 0.6 is 0 Å². The topological polar surface area (TPSA) is 80.1 Å². The predicted molar refractivity (Wildman–Crippen MR) is 118 cm³/mol. The molecule has 3 aromatic rings. The summed E-state index contributed by atoms with van der Waals surface area (Å²) >= 11 is 0. The number of hydrogen-bond donors (Lipinski definition) is 0. The van der Waals surface area contributed by atoms with Gasteiger partial charge in [0, 0.05) is 43.2 Å². The second-order valence-electron chi connectivity index (χ2n) is 7.83. The molecule has 0 spiro atoms. The summed E-state index contributed by atoms with van der Waals surface area (Å²) in [6.45, 7) is 5.16. The summed E-state index contributed by atoms with van der Waals surface area (Å²) in [4.78, 5) is 14.9.